The average molecular weight is 231 g/mol. The summed E-state index contributed by atoms with van der Waals surface area (Å²) < 4.78 is 11.8. The van der Waals surface area contributed by atoms with Crippen LogP contribution in [0.1, 0.15) is 27.7 Å². The summed E-state index contributed by atoms with van der Waals surface area (Å²) in [6, 6.07) is 0. The highest BCUT2D eigenvalue weighted by Crippen LogP contribution is 2.39. The first-order valence-electron chi connectivity index (χ1n) is 5.76. The van der Waals surface area contributed by atoms with Gasteiger partial charge < -0.3 is 14.7 Å². The summed E-state index contributed by atoms with van der Waals surface area (Å²) in [5.41, 5.74) is 1.31. The summed E-state index contributed by atoms with van der Waals surface area (Å²) in [6.45, 7) is 11.8. The molecule has 1 aliphatic heterocycles. The van der Waals surface area contributed by atoms with E-state index in [4.69, 9.17) is 14.7 Å². The molecule has 0 unspecified atom stereocenters. The minimum atomic E-state index is -0.398. The largest absolute Gasteiger partial charge is 0.494 e. The van der Waals surface area contributed by atoms with Gasteiger partial charge in [0.2, 0.25) is 0 Å². The molecule has 3 nitrogen and oxygen atoms in total. The Kier molecular flexibility index (Phi) is 2.67. The molecule has 0 radical (unpaired) electrons. The molecule has 1 saturated heterocycles. The minimum absolute atomic E-state index is 0.344. The molecule has 0 saturated carbocycles. The second-order valence-corrected chi connectivity index (χ2v) is 5.50. The molecule has 90 valence electrons. The lowest BCUT2D eigenvalue weighted by Crippen LogP contribution is -2.41. The predicted molar refractivity (Wildman–Crippen MR) is 70.2 cm³/mol. The van der Waals surface area contributed by atoms with E-state index < -0.39 is 7.12 Å². The minimum Gasteiger partial charge on any atom is -0.399 e. The zero-order chi connectivity index (χ0) is 12.8. The molecular weight excluding hydrogens is 213 g/mol. The fourth-order valence-corrected chi connectivity index (χ4v) is 1.72. The first-order chi connectivity index (χ1) is 7.73. The maximum atomic E-state index is 7.75. The standard InChI is InChI=1S/C13H18BNO2/c1-9-6-7-10(8-11(9)15)14-16-12(2,3)13(4,5)17-14/h6-8,15H,1H2,2-5H3. The van der Waals surface area contributed by atoms with Gasteiger partial charge in [0.1, 0.15) is 0 Å². The number of nitrogens with one attached hydrogen (secondary N) is 1. The second kappa shape index (κ2) is 3.69. The molecule has 1 N–H and O–H groups in total. The molecular formula is C13H18BNO2. The summed E-state index contributed by atoms with van der Waals surface area (Å²) in [5, 5.41) is 7.75. The van der Waals surface area contributed by atoms with Crippen molar-refractivity contribution in [2.24, 2.45) is 0 Å². The first-order valence-corrected chi connectivity index (χ1v) is 5.76. The van der Waals surface area contributed by atoms with E-state index in [1.165, 1.54) is 0 Å². The predicted octanol–water partition coefficient (Wildman–Crippen LogP) is 2.69. The third-order valence-corrected chi connectivity index (χ3v) is 3.66. The fraction of sp³-hybridized carbons (Fsp3) is 0.462. The van der Waals surface area contributed by atoms with E-state index in [0.29, 0.717) is 11.3 Å². The highest BCUT2D eigenvalue weighted by Gasteiger charge is 2.52. The zero-order valence-corrected chi connectivity index (χ0v) is 10.8. The van der Waals surface area contributed by atoms with Crippen molar-refractivity contribution in [1.82, 2.24) is 0 Å². The van der Waals surface area contributed by atoms with E-state index in [0.717, 1.165) is 5.47 Å². The number of rotatable bonds is 1. The van der Waals surface area contributed by atoms with E-state index in [1.54, 1.807) is 6.08 Å². The van der Waals surface area contributed by atoms with Crippen molar-refractivity contribution in [3.8, 4) is 0 Å². The van der Waals surface area contributed by atoms with Crippen molar-refractivity contribution in [1.29, 1.82) is 5.41 Å². The van der Waals surface area contributed by atoms with Crippen LogP contribution < -0.4 is 0 Å². The number of hydrogen-bond donors (Lipinski definition) is 1. The highest BCUT2D eigenvalue weighted by atomic mass is 16.7. The Morgan fingerprint density at radius 2 is 1.65 bits per heavy atom. The Morgan fingerprint density at radius 1 is 1.12 bits per heavy atom. The maximum absolute atomic E-state index is 7.75. The van der Waals surface area contributed by atoms with Crippen LogP contribution in [0.4, 0.5) is 0 Å². The van der Waals surface area contributed by atoms with E-state index >= 15 is 0 Å². The van der Waals surface area contributed by atoms with E-state index in [2.05, 4.69) is 6.58 Å². The Balaban J connectivity index is 2.23. The first kappa shape index (κ1) is 12.3. The Hall–Kier alpha value is -1.13. The molecule has 1 aliphatic carbocycles. The Morgan fingerprint density at radius 3 is 2.12 bits per heavy atom. The van der Waals surface area contributed by atoms with Crippen molar-refractivity contribution in [2.75, 3.05) is 0 Å². The normalized spacial score (nSPS) is 26.4. The molecule has 0 aromatic rings. The molecule has 1 fully saturated rings. The van der Waals surface area contributed by atoms with Gasteiger partial charge in [-0.2, -0.15) is 0 Å². The molecule has 4 heteroatoms. The summed E-state index contributed by atoms with van der Waals surface area (Å²) in [7, 11) is -0.398. The van der Waals surface area contributed by atoms with Crippen LogP contribution in [0, 0.1) is 5.41 Å². The Labute approximate surface area is 103 Å². The van der Waals surface area contributed by atoms with Crippen LogP contribution in [0.25, 0.3) is 0 Å². The lowest BCUT2D eigenvalue weighted by Gasteiger charge is -2.32. The van der Waals surface area contributed by atoms with Crippen LogP contribution in [-0.4, -0.2) is 24.0 Å². The molecule has 2 rings (SSSR count). The molecule has 0 aromatic heterocycles. The molecule has 0 atom stereocenters. The molecule has 0 bridgehead atoms. The van der Waals surface area contributed by atoms with Gasteiger partial charge in [0.25, 0.3) is 0 Å². The summed E-state index contributed by atoms with van der Waals surface area (Å²) in [6.07, 6.45) is 5.48. The van der Waals surface area contributed by atoms with E-state index in [-0.39, 0.29) is 11.2 Å². The molecule has 1 heterocycles. The highest BCUT2D eigenvalue weighted by molar-refractivity contribution is 6.56. The van der Waals surface area contributed by atoms with Gasteiger partial charge in [0.15, 0.2) is 0 Å². The van der Waals surface area contributed by atoms with Crippen molar-refractivity contribution in [2.45, 2.75) is 38.9 Å². The van der Waals surface area contributed by atoms with Crippen molar-refractivity contribution < 1.29 is 9.31 Å². The van der Waals surface area contributed by atoms with Crippen LogP contribution in [0.2, 0.25) is 0 Å². The van der Waals surface area contributed by atoms with Crippen molar-refractivity contribution >= 4 is 12.8 Å². The van der Waals surface area contributed by atoms with Crippen LogP contribution in [0.15, 0.2) is 35.9 Å². The smallest absolute Gasteiger partial charge is 0.399 e. The third kappa shape index (κ3) is 2.03. The van der Waals surface area contributed by atoms with Crippen LogP contribution in [0.5, 0.6) is 0 Å². The molecule has 0 amide bonds. The summed E-state index contributed by atoms with van der Waals surface area (Å²) in [5.74, 6) is 0. The van der Waals surface area contributed by atoms with Crippen molar-refractivity contribution in [3.63, 3.8) is 0 Å². The topological polar surface area (TPSA) is 42.3 Å². The number of hydrogen-bond acceptors (Lipinski definition) is 3. The zero-order valence-electron chi connectivity index (χ0n) is 10.8. The lowest BCUT2D eigenvalue weighted by molar-refractivity contribution is 0.00578. The monoisotopic (exact) mass is 231 g/mol. The number of allylic oxidation sites excluding steroid dienone is 5. The van der Waals surface area contributed by atoms with Crippen LogP contribution >= 0.6 is 0 Å². The van der Waals surface area contributed by atoms with Gasteiger partial charge >= 0.3 is 7.12 Å². The lowest BCUT2D eigenvalue weighted by atomic mass is 9.75. The van der Waals surface area contributed by atoms with Gasteiger partial charge in [0.05, 0.1) is 16.9 Å². The third-order valence-electron chi connectivity index (χ3n) is 3.66. The quantitative estimate of drug-likeness (QED) is 0.705. The van der Waals surface area contributed by atoms with Gasteiger partial charge in [0, 0.05) is 0 Å². The van der Waals surface area contributed by atoms with Crippen LogP contribution in [-0.2, 0) is 9.31 Å². The summed E-state index contributed by atoms with van der Waals surface area (Å²) in [4.78, 5) is 0. The Bertz CT molecular complexity index is 430. The van der Waals surface area contributed by atoms with Gasteiger partial charge in [-0.25, -0.2) is 0 Å². The van der Waals surface area contributed by atoms with E-state index in [9.17, 15) is 0 Å². The van der Waals surface area contributed by atoms with Gasteiger partial charge in [-0.3, -0.25) is 0 Å². The molecule has 0 aromatic carbocycles. The van der Waals surface area contributed by atoms with Gasteiger partial charge in [-0.1, -0.05) is 18.7 Å². The molecule has 2 aliphatic rings. The average Bonchev–Trinajstić information content (AvgIpc) is 2.41. The molecule has 17 heavy (non-hydrogen) atoms. The second-order valence-electron chi connectivity index (χ2n) is 5.50. The van der Waals surface area contributed by atoms with Gasteiger partial charge in [-0.05, 0) is 44.8 Å². The fourth-order valence-electron chi connectivity index (χ4n) is 1.72. The van der Waals surface area contributed by atoms with Crippen LogP contribution in [0.3, 0.4) is 0 Å². The van der Waals surface area contributed by atoms with Gasteiger partial charge in [-0.15, -0.1) is 0 Å². The maximum Gasteiger partial charge on any atom is 0.494 e. The summed E-state index contributed by atoms with van der Waals surface area (Å²) >= 11 is 0. The van der Waals surface area contributed by atoms with E-state index in [1.807, 2.05) is 39.8 Å². The van der Waals surface area contributed by atoms with Crippen molar-refractivity contribution in [3.05, 3.63) is 35.9 Å². The molecule has 0 spiro atoms. The SMILES string of the molecule is C=C1C=CC(B2OC(C)(C)C(C)(C)O2)=CC1=N.